The fourth-order valence-electron chi connectivity index (χ4n) is 2.39. The second-order valence-electron chi connectivity index (χ2n) is 7.58. The van der Waals surface area contributed by atoms with Crippen LogP contribution in [0.1, 0.15) is 52.6 Å². The van der Waals surface area contributed by atoms with Gasteiger partial charge < -0.3 is 15.7 Å². The Labute approximate surface area is 158 Å². The van der Waals surface area contributed by atoms with Gasteiger partial charge in [-0.15, -0.1) is 0 Å². The van der Waals surface area contributed by atoms with Crippen molar-refractivity contribution in [3.63, 3.8) is 0 Å². The third-order valence-electron chi connectivity index (χ3n) is 4.01. The second kappa shape index (κ2) is 7.61. The molecular weight excluding hydrogens is 344 g/mol. The van der Waals surface area contributed by atoms with Gasteiger partial charge in [-0.05, 0) is 55.3 Å². The summed E-state index contributed by atoms with van der Waals surface area (Å²) in [7, 11) is 0. The summed E-state index contributed by atoms with van der Waals surface area (Å²) in [6, 6.07) is 9.68. The van der Waals surface area contributed by atoms with Crippen molar-refractivity contribution in [1.29, 1.82) is 0 Å². The maximum absolute atomic E-state index is 12.5. The summed E-state index contributed by atoms with van der Waals surface area (Å²) in [6.45, 7) is 9.06. The van der Waals surface area contributed by atoms with E-state index in [1.807, 2.05) is 27.7 Å². The molecule has 0 aliphatic heterocycles. The summed E-state index contributed by atoms with van der Waals surface area (Å²) in [6.07, 6.45) is 0. The number of carboxylic acids is 1. The maximum atomic E-state index is 12.5. The predicted molar refractivity (Wildman–Crippen MR) is 105 cm³/mol. The Morgan fingerprint density at radius 1 is 0.889 bits per heavy atom. The average Bonchev–Trinajstić information content (AvgIpc) is 2.56. The zero-order valence-corrected chi connectivity index (χ0v) is 16.1. The molecule has 0 heterocycles. The highest BCUT2D eigenvalue weighted by atomic mass is 16.4. The van der Waals surface area contributed by atoms with Gasteiger partial charge >= 0.3 is 5.97 Å². The van der Waals surface area contributed by atoms with Crippen molar-refractivity contribution in [1.82, 2.24) is 0 Å². The number of rotatable bonds is 4. The van der Waals surface area contributed by atoms with Crippen molar-refractivity contribution < 1.29 is 19.5 Å². The normalized spacial score (nSPS) is 11.0. The van der Waals surface area contributed by atoms with E-state index in [-0.39, 0.29) is 17.0 Å². The van der Waals surface area contributed by atoms with Crippen LogP contribution >= 0.6 is 0 Å². The van der Waals surface area contributed by atoms with Crippen LogP contribution in [-0.4, -0.2) is 22.9 Å². The van der Waals surface area contributed by atoms with Gasteiger partial charge in [-0.3, -0.25) is 9.59 Å². The van der Waals surface area contributed by atoms with Crippen molar-refractivity contribution >= 4 is 29.2 Å². The Bertz CT molecular complexity index is 911. The zero-order valence-electron chi connectivity index (χ0n) is 16.1. The molecular formula is C21H24N2O4. The van der Waals surface area contributed by atoms with Gasteiger partial charge in [0.15, 0.2) is 0 Å². The maximum Gasteiger partial charge on any atom is 0.335 e. The van der Waals surface area contributed by atoms with Crippen molar-refractivity contribution in [2.45, 2.75) is 34.6 Å². The number of amides is 2. The molecule has 142 valence electrons. The van der Waals surface area contributed by atoms with E-state index < -0.39 is 17.3 Å². The molecule has 2 aromatic rings. The van der Waals surface area contributed by atoms with Crippen LogP contribution in [-0.2, 0) is 4.79 Å². The van der Waals surface area contributed by atoms with E-state index in [9.17, 15) is 14.4 Å². The van der Waals surface area contributed by atoms with Crippen LogP contribution in [0.25, 0.3) is 0 Å². The molecule has 0 unspecified atom stereocenters. The average molecular weight is 368 g/mol. The minimum atomic E-state index is -1.09. The first-order chi connectivity index (χ1) is 12.5. The number of hydrogen-bond donors (Lipinski definition) is 3. The fraction of sp³-hybridized carbons (Fsp3) is 0.286. The lowest BCUT2D eigenvalue weighted by Crippen LogP contribution is -2.28. The first-order valence-corrected chi connectivity index (χ1v) is 8.56. The highest BCUT2D eigenvalue weighted by Gasteiger charge is 2.22. The highest BCUT2D eigenvalue weighted by molar-refractivity contribution is 6.06. The van der Waals surface area contributed by atoms with E-state index >= 15 is 0 Å². The topological polar surface area (TPSA) is 95.5 Å². The molecule has 0 aromatic heterocycles. The third-order valence-corrected chi connectivity index (χ3v) is 4.01. The summed E-state index contributed by atoms with van der Waals surface area (Å²) >= 11 is 0. The highest BCUT2D eigenvalue weighted by Crippen LogP contribution is 2.24. The molecule has 0 aliphatic rings. The van der Waals surface area contributed by atoms with Gasteiger partial charge in [0.05, 0.1) is 5.56 Å². The largest absolute Gasteiger partial charge is 0.478 e. The summed E-state index contributed by atoms with van der Waals surface area (Å²) < 4.78 is 0. The van der Waals surface area contributed by atoms with Gasteiger partial charge in [0, 0.05) is 22.4 Å². The van der Waals surface area contributed by atoms with Crippen molar-refractivity contribution in [3.8, 4) is 0 Å². The standard InChI is InChI=1S/C21H24N2O4/c1-12-8-14(10-15(9-12)19(25)26)18(24)22-16-7-6-13(2)17(11-16)23-20(27)21(3,4)5/h6-11H,1-5H3,(H,22,24)(H,23,27)(H,25,26). The Morgan fingerprint density at radius 3 is 2.11 bits per heavy atom. The molecule has 0 spiro atoms. The van der Waals surface area contributed by atoms with E-state index in [2.05, 4.69) is 10.6 Å². The number of carbonyl (C=O) groups is 3. The van der Waals surface area contributed by atoms with Crippen molar-refractivity contribution in [2.24, 2.45) is 5.41 Å². The van der Waals surface area contributed by atoms with Crippen LogP contribution in [0.4, 0.5) is 11.4 Å². The molecule has 0 bridgehead atoms. The molecule has 2 aromatic carbocycles. The Balaban J connectivity index is 2.25. The lowest BCUT2D eigenvalue weighted by Gasteiger charge is -2.19. The predicted octanol–water partition coefficient (Wildman–Crippen LogP) is 4.24. The van der Waals surface area contributed by atoms with Crippen LogP contribution < -0.4 is 10.6 Å². The summed E-state index contributed by atoms with van der Waals surface area (Å²) in [5.41, 5.74) is 2.45. The molecule has 0 saturated heterocycles. The van der Waals surface area contributed by atoms with Gasteiger partial charge in [-0.25, -0.2) is 4.79 Å². The SMILES string of the molecule is Cc1cc(C(=O)O)cc(C(=O)Nc2ccc(C)c(NC(=O)C(C)(C)C)c2)c1. The molecule has 0 fully saturated rings. The molecule has 0 radical (unpaired) electrons. The molecule has 0 saturated carbocycles. The molecule has 6 nitrogen and oxygen atoms in total. The van der Waals surface area contributed by atoms with Crippen molar-refractivity contribution in [2.75, 3.05) is 10.6 Å². The molecule has 0 aliphatic carbocycles. The smallest absolute Gasteiger partial charge is 0.335 e. The van der Waals surface area contributed by atoms with Crippen LogP contribution in [0.15, 0.2) is 36.4 Å². The lowest BCUT2D eigenvalue weighted by atomic mass is 9.95. The first kappa shape index (κ1) is 20.2. The van der Waals surface area contributed by atoms with E-state index in [1.54, 1.807) is 31.2 Å². The Hall–Kier alpha value is -3.15. The van der Waals surface area contributed by atoms with Crippen LogP contribution in [0.5, 0.6) is 0 Å². The Kier molecular flexibility index (Phi) is 5.69. The van der Waals surface area contributed by atoms with Gasteiger partial charge in [-0.2, -0.15) is 0 Å². The first-order valence-electron chi connectivity index (χ1n) is 8.56. The van der Waals surface area contributed by atoms with E-state index in [0.717, 1.165) is 5.56 Å². The summed E-state index contributed by atoms with van der Waals surface area (Å²) in [5, 5.41) is 14.8. The number of benzene rings is 2. The molecule has 27 heavy (non-hydrogen) atoms. The fourth-order valence-corrected chi connectivity index (χ4v) is 2.39. The van der Waals surface area contributed by atoms with E-state index in [0.29, 0.717) is 16.9 Å². The zero-order chi connectivity index (χ0) is 20.4. The Morgan fingerprint density at radius 2 is 1.52 bits per heavy atom. The second-order valence-corrected chi connectivity index (χ2v) is 7.58. The molecule has 3 N–H and O–H groups in total. The van der Waals surface area contributed by atoms with Gasteiger partial charge in [0.2, 0.25) is 5.91 Å². The summed E-state index contributed by atoms with van der Waals surface area (Å²) in [5.74, 6) is -1.63. The monoisotopic (exact) mass is 368 g/mol. The van der Waals surface area contributed by atoms with Crippen LogP contribution in [0.2, 0.25) is 0 Å². The third kappa shape index (κ3) is 5.17. The number of carboxylic acid groups (broad SMARTS) is 1. The molecule has 2 amide bonds. The van der Waals surface area contributed by atoms with Crippen molar-refractivity contribution in [3.05, 3.63) is 58.7 Å². The van der Waals surface area contributed by atoms with E-state index in [4.69, 9.17) is 5.11 Å². The van der Waals surface area contributed by atoms with Gasteiger partial charge in [-0.1, -0.05) is 26.8 Å². The number of hydrogen-bond acceptors (Lipinski definition) is 3. The number of aryl methyl sites for hydroxylation is 2. The lowest BCUT2D eigenvalue weighted by molar-refractivity contribution is -0.123. The van der Waals surface area contributed by atoms with Gasteiger partial charge in [0.25, 0.3) is 5.91 Å². The van der Waals surface area contributed by atoms with E-state index in [1.165, 1.54) is 12.1 Å². The molecule has 0 atom stereocenters. The van der Waals surface area contributed by atoms with Crippen LogP contribution in [0, 0.1) is 19.3 Å². The van der Waals surface area contributed by atoms with Gasteiger partial charge in [0.1, 0.15) is 0 Å². The quantitative estimate of drug-likeness (QED) is 0.752. The summed E-state index contributed by atoms with van der Waals surface area (Å²) in [4.78, 5) is 35.9. The number of aromatic carboxylic acids is 1. The molecule has 2 rings (SSSR count). The minimum absolute atomic E-state index is 0.0576. The molecule has 6 heteroatoms. The number of anilines is 2. The number of carbonyl (C=O) groups excluding carboxylic acids is 2. The van der Waals surface area contributed by atoms with Crippen LogP contribution in [0.3, 0.4) is 0 Å². The number of nitrogens with one attached hydrogen (secondary N) is 2. The minimum Gasteiger partial charge on any atom is -0.478 e.